The molecule has 1 N–H and O–H groups in total. The Balaban J connectivity index is 2.33. The summed E-state index contributed by atoms with van der Waals surface area (Å²) in [5.74, 6) is -0.239. The second-order valence-corrected chi connectivity index (χ2v) is 3.86. The van der Waals surface area contributed by atoms with Crippen LogP contribution in [0, 0.1) is 0 Å². The van der Waals surface area contributed by atoms with Crippen molar-refractivity contribution in [1.29, 1.82) is 0 Å². The molecule has 19 heavy (non-hydrogen) atoms. The van der Waals surface area contributed by atoms with Crippen LogP contribution in [0.15, 0.2) is 46.0 Å². The minimum atomic E-state index is -0.673. The number of nitrogens with zero attached hydrogens (tertiary/aromatic N) is 1. The maximum atomic E-state index is 11.9. The monoisotopic (exact) mass is 260 g/mol. The van der Waals surface area contributed by atoms with Crippen LogP contribution in [0.3, 0.4) is 0 Å². The van der Waals surface area contributed by atoms with Crippen molar-refractivity contribution in [2.45, 2.75) is 6.54 Å². The highest BCUT2D eigenvalue weighted by Gasteiger charge is 2.11. The molecule has 1 aromatic carbocycles. The van der Waals surface area contributed by atoms with E-state index in [2.05, 4.69) is 4.98 Å². The van der Waals surface area contributed by atoms with E-state index in [1.807, 2.05) is 0 Å². The van der Waals surface area contributed by atoms with Crippen molar-refractivity contribution in [2.24, 2.45) is 0 Å². The molecule has 2 aromatic rings. The summed E-state index contributed by atoms with van der Waals surface area (Å²) in [6.45, 7) is -0.303. The zero-order valence-electron chi connectivity index (χ0n) is 10.3. The second-order valence-electron chi connectivity index (χ2n) is 3.86. The molecule has 0 spiro atoms. The summed E-state index contributed by atoms with van der Waals surface area (Å²) in [4.78, 5) is 37.6. The van der Waals surface area contributed by atoms with Gasteiger partial charge in [0.2, 0.25) is 0 Å². The van der Waals surface area contributed by atoms with Gasteiger partial charge in [0.1, 0.15) is 0 Å². The number of aromatic amines is 1. The summed E-state index contributed by atoms with van der Waals surface area (Å²) >= 11 is 0. The summed E-state index contributed by atoms with van der Waals surface area (Å²) < 4.78 is 5.60. The smallest absolute Gasteiger partial charge is 0.331 e. The first kappa shape index (κ1) is 12.8. The predicted molar refractivity (Wildman–Crippen MR) is 68.6 cm³/mol. The Bertz CT molecular complexity index is 669. The molecule has 0 saturated heterocycles. The second kappa shape index (κ2) is 5.34. The number of hydrogen-bond donors (Lipinski definition) is 1. The van der Waals surface area contributed by atoms with E-state index in [4.69, 9.17) is 4.74 Å². The lowest BCUT2D eigenvalue weighted by atomic mass is 10.1. The first-order valence-corrected chi connectivity index (χ1v) is 5.58. The minimum Gasteiger partial charge on any atom is -0.482 e. The number of methoxy groups -OCH3 is 1. The van der Waals surface area contributed by atoms with Gasteiger partial charge in [-0.15, -0.1) is 0 Å². The molecule has 1 aromatic heterocycles. The quantitative estimate of drug-likeness (QED) is 0.808. The van der Waals surface area contributed by atoms with Crippen LogP contribution in [-0.4, -0.2) is 22.4 Å². The molecule has 0 aliphatic heterocycles. The first-order chi connectivity index (χ1) is 9.11. The standard InChI is InChI=1S/C13H12N2O4/c1-19-11-7-12(17)15(13(18)14-11)8-10(16)9-5-3-2-4-6-9/h2-7H,8H2,1H3,(H,14,18). The molecule has 0 radical (unpaired) electrons. The van der Waals surface area contributed by atoms with E-state index >= 15 is 0 Å². The molecule has 0 saturated carbocycles. The Morgan fingerprint density at radius 3 is 2.53 bits per heavy atom. The number of benzene rings is 1. The van der Waals surface area contributed by atoms with E-state index in [-0.39, 0.29) is 18.2 Å². The minimum absolute atomic E-state index is 0.0680. The van der Waals surface area contributed by atoms with Crippen LogP contribution in [0.4, 0.5) is 0 Å². The van der Waals surface area contributed by atoms with Gasteiger partial charge in [-0.3, -0.25) is 19.1 Å². The van der Waals surface area contributed by atoms with E-state index in [9.17, 15) is 14.4 Å². The van der Waals surface area contributed by atoms with Crippen LogP contribution in [0.5, 0.6) is 5.88 Å². The van der Waals surface area contributed by atoms with Gasteiger partial charge in [-0.05, 0) is 0 Å². The van der Waals surface area contributed by atoms with Crippen molar-refractivity contribution < 1.29 is 9.53 Å². The summed E-state index contributed by atoms with van der Waals surface area (Å²) in [5, 5.41) is 0. The molecule has 0 aliphatic rings. The van der Waals surface area contributed by atoms with Crippen LogP contribution >= 0.6 is 0 Å². The summed E-state index contributed by atoms with van der Waals surface area (Å²) in [6, 6.07) is 9.60. The average Bonchev–Trinajstić information content (AvgIpc) is 2.43. The van der Waals surface area contributed by atoms with Gasteiger partial charge in [0.05, 0.1) is 19.7 Å². The van der Waals surface area contributed by atoms with Crippen molar-refractivity contribution in [3.05, 3.63) is 62.8 Å². The number of nitrogens with one attached hydrogen (secondary N) is 1. The molecule has 6 nitrogen and oxygen atoms in total. The number of ketones is 1. The molecule has 6 heteroatoms. The van der Waals surface area contributed by atoms with E-state index in [1.165, 1.54) is 7.11 Å². The van der Waals surface area contributed by atoms with Gasteiger partial charge < -0.3 is 4.74 Å². The number of hydrogen-bond acceptors (Lipinski definition) is 4. The molecule has 98 valence electrons. The lowest BCUT2D eigenvalue weighted by Crippen LogP contribution is -2.36. The number of Topliss-reactive ketones (excluding diaryl/α,β-unsaturated/α-hetero) is 1. The van der Waals surface area contributed by atoms with Crippen LogP contribution in [0.1, 0.15) is 10.4 Å². The van der Waals surface area contributed by atoms with E-state index in [0.29, 0.717) is 5.56 Å². The van der Waals surface area contributed by atoms with Crippen LogP contribution < -0.4 is 16.0 Å². The number of carbonyl (C=O) groups is 1. The molecule has 0 aliphatic carbocycles. The average molecular weight is 260 g/mol. The van der Waals surface area contributed by atoms with Gasteiger partial charge >= 0.3 is 5.69 Å². The Morgan fingerprint density at radius 2 is 1.95 bits per heavy atom. The normalized spacial score (nSPS) is 10.2. The third kappa shape index (κ3) is 2.79. The molecule has 0 amide bonds. The fraction of sp³-hybridized carbons (Fsp3) is 0.154. The molecule has 0 fully saturated rings. The van der Waals surface area contributed by atoms with Gasteiger partial charge in [0.25, 0.3) is 5.56 Å². The van der Waals surface area contributed by atoms with Crippen LogP contribution in [0.2, 0.25) is 0 Å². The van der Waals surface area contributed by atoms with Gasteiger partial charge in [0, 0.05) is 5.56 Å². The number of H-pyrrole nitrogens is 1. The van der Waals surface area contributed by atoms with Crippen molar-refractivity contribution in [3.8, 4) is 5.88 Å². The van der Waals surface area contributed by atoms with Crippen molar-refractivity contribution in [3.63, 3.8) is 0 Å². The third-order valence-corrected chi connectivity index (χ3v) is 2.61. The zero-order chi connectivity index (χ0) is 13.8. The molecule has 0 atom stereocenters. The summed E-state index contributed by atoms with van der Waals surface area (Å²) in [7, 11) is 1.34. The summed E-state index contributed by atoms with van der Waals surface area (Å²) in [6.07, 6.45) is 0. The number of aromatic nitrogens is 2. The predicted octanol–water partition coefficient (Wildman–Crippen LogP) is 0.428. The molecular weight excluding hydrogens is 248 g/mol. The van der Waals surface area contributed by atoms with E-state index in [1.54, 1.807) is 30.3 Å². The van der Waals surface area contributed by atoms with E-state index in [0.717, 1.165) is 10.6 Å². The van der Waals surface area contributed by atoms with E-state index < -0.39 is 11.2 Å². The Morgan fingerprint density at radius 1 is 1.26 bits per heavy atom. The number of carbonyl (C=O) groups excluding carboxylic acids is 1. The lowest BCUT2D eigenvalue weighted by molar-refractivity contribution is 0.0969. The Kier molecular flexibility index (Phi) is 3.61. The largest absolute Gasteiger partial charge is 0.482 e. The highest BCUT2D eigenvalue weighted by molar-refractivity contribution is 5.95. The first-order valence-electron chi connectivity index (χ1n) is 5.58. The molecule has 0 bridgehead atoms. The highest BCUT2D eigenvalue weighted by Crippen LogP contribution is 2.01. The van der Waals surface area contributed by atoms with Gasteiger partial charge in [0.15, 0.2) is 11.7 Å². The number of ether oxygens (including phenoxy) is 1. The maximum absolute atomic E-state index is 11.9. The maximum Gasteiger partial charge on any atom is 0.331 e. The third-order valence-electron chi connectivity index (χ3n) is 2.61. The Labute approximate surface area is 108 Å². The molecular formula is C13H12N2O4. The van der Waals surface area contributed by atoms with Gasteiger partial charge in [-0.1, -0.05) is 30.3 Å². The van der Waals surface area contributed by atoms with Gasteiger partial charge in [-0.2, -0.15) is 0 Å². The van der Waals surface area contributed by atoms with Crippen LogP contribution in [0.25, 0.3) is 0 Å². The molecule has 1 heterocycles. The number of rotatable bonds is 4. The lowest BCUT2D eigenvalue weighted by Gasteiger charge is -2.05. The molecule has 2 rings (SSSR count). The van der Waals surface area contributed by atoms with Crippen molar-refractivity contribution in [2.75, 3.05) is 7.11 Å². The zero-order valence-corrected chi connectivity index (χ0v) is 10.3. The topological polar surface area (TPSA) is 81.2 Å². The summed E-state index contributed by atoms with van der Waals surface area (Å²) in [5.41, 5.74) is -0.803. The van der Waals surface area contributed by atoms with Crippen molar-refractivity contribution >= 4 is 5.78 Å². The van der Waals surface area contributed by atoms with Crippen molar-refractivity contribution in [1.82, 2.24) is 9.55 Å². The SMILES string of the molecule is COc1cc(=O)n(CC(=O)c2ccccc2)c(=O)[nH]1. The fourth-order valence-electron chi connectivity index (χ4n) is 1.62. The molecule has 0 unspecified atom stereocenters. The van der Waals surface area contributed by atoms with Gasteiger partial charge in [-0.25, -0.2) is 4.79 Å². The fourth-order valence-corrected chi connectivity index (χ4v) is 1.62. The van der Waals surface area contributed by atoms with Crippen LogP contribution in [-0.2, 0) is 6.54 Å². The highest BCUT2D eigenvalue weighted by atomic mass is 16.5. The Hall–Kier alpha value is -2.63.